The number of aromatic nitrogens is 2. The van der Waals surface area contributed by atoms with Crippen molar-refractivity contribution >= 4 is 17.9 Å². The molecule has 2 aliphatic heterocycles. The number of ether oxygens (including phenoxy) is 2. The molecular formula is C24H24F9N3O8. The number of rotatable bonds is 4. The Hall–Kier alpha value is -4.20. The first-order valence-corrected chi connectivity index (χ1v) is 11.9. The summed E-state index contributed by atoms with van der Waals surface area (Å²) in [5.41, 5.74) is 1.25. The minimum absolute atomic E-state index is 0.0491. The molecule has 20 heteroatoms. The average Bonchev–Trinajstić information content (AvgIpc) is 3.49. The number of pyridine rings is 2. The zero-order valence-corrected chi connectivity index (χ0v) is 22.1. The number of likely N-dealkylation sites (tertiary alicyclic amines) is 1. The molecule has 2 atom stereocenters. The fraction of sp³-hybridized carbons (Fsp3) is 0.458. The van der Waals surface area contributed by atoms with Crippen molar-refractivity contribution in [2.45, 2.75) is 49.6 Å². The molecule has 11 nitrogen and oxygen atoms in total. The van der Waals surface area contributed by atoms with Crippen molar-refractivity contribution in [1.29, 1.82) is 0 Å². The summed E-state index contributed by atoms with van der Waals surface area (Å²) in [6.07, 6.45) is -7.68. The number of carboxylic acids is 3. The lowest BCUT2D eigenvalue weighted by Gasteiger charge is -2.23. The summed E-state index contributed by atoms with van der Waals surface area (Å²) in [5, 5.41) is 21.4. The highest BCUT2D eigenvalue weighted by molar-refractivity contribution is 5.73. The van der Waals surface area contributed by atoms with Crippen LogP contribution in [0, 0.1) is 0 Å². The molecule has 2 saturated heterocycles. The molecule has 0 aromatic carbocycles. The van der Waals surface area contributed by atoms with Crippen molar-refractivity contribution in [3.63, 3.8) is 0 Å². The van der Waals surface area contributed by atoms with Crippen molar-refractivity contribution in [1.82, 2.24) is 14.9 Å². The lowest BCUT2D eigenvalue weighted by Crippen LogP contribution is -2.33. The highest BCUT2D eigenvalue weighted by Crippen LogP contribution is 2.36. The van der Waals surface area contributed by atoms with Gasteiger partial charge in [0.25, 0.3) is 0 Å². The minimum atomic E-state index is -5.08. The summed E-state index contributed by atoms with van der Waals surface area (Å²) in [7, 11) is 0. The van der Waals surface area contributed by atoms with Crippen LogP contribution in [-0.2, 0) is 25.7 Å². The van der Waals surface area contributed by atoms with Gasteiger partial charge in [0.05, 0.1) is 12.2 Å². The first kappa shape index (κ1) is 37.8. The average molecular weight is 653 g/mol. The third kappa shape index (κ3) is 14.3. The fourth-order valence-electron chi connectivity index (χ4n) is 3.56. The van der Waals surface area contributed by atoms with Gasteiger partial charge < -0.3 is 24.8 Å². The number of alkyl halides is 9. The topological polar surface area (TPSA) is 159 Å². The van der Waals surface area contributed by atoms with Gasteiger partial charge in [0.1, 0.15) is 6.10 Å². The molecule has 0 saturated carbocycles. The van der Waals surface area contributed by atoms with E-state index in [1.54, 1.807) is 6.20 Å². The number of hydrogen-bond acceptors (Lipinski definition) is 8. The Labute approximate surface area is 241 Å². The molecule has 44 heavy (non-hydrogen) atoms. The van der Waals surface area contributed by atoms with Crippen molar-refractivity contribution in [3.05, 3.63) is 54.5 Å². The van der Waals surface area contributed by atoms with Gasteiger partial charge >= 0.3 is 36.4 Å². The molecule has 4 heterocycles. The van der Waals surface area contributed by atoms with Gasteiger partial charge in [-0.3, -0.25) is 9.88 Å². The highest BCUT2D eigenvalue weighted by atomic mass is 19.4. The maximum absolute atomic E-state index is 10.6. The van der Waals surface area contributed by atoms with Crippen molar-refractivity contribution in [2.75, 3.05) is 19.7 Å². The Kier molecular flexibility index (Phi) is 13.8. The largest absolute Gasteiger partial charge is 0.490 e. The van der Waals surface area contributed by atoms with Crippen LogP contribution in [0.5, 0.6) is 5.88 Å². The van der Waals surface area contributed by atoms with Crippen LogP contribution in [0.15, 0.2) is 48.9 Å². The predicted octanol–water partition coefficient (Wildman–Crippen LogP) is 4.19. The first-order valence-electron chi connectivity index (χ1n) is 11.9. The molecule has 246 valence electrons. The van der Waals surface area contributed by atoms with Crippen molar-refractivity contribution < 1.29 is 78.7 Å². The molecule has 3 N–H and O–H groups in total. The second-order valence-corrected chi connectivity index (χ2v) is 8.83. The van der Waals surface area contributed by atoms with Gasteiger partial charge in [0.2, 0.25) is 5.88 Å². The third-order valence-electron chi connectivity index (χ3n) is 5.38. The summed E-state index contributed by atoms with van der Waals surface area (Å²) in [4.78, 5) is 37.5. The van der Waals surface area contributed by atoms with Crippen molar-refractivity contribution in [3.8, 4) is 5.88 Å². The molecular weight excluding hydrogens is 629 g/mol. The summed E-state index contributed by atoms with van der Waals surface area (Å²) in [6.45, 7) is 3.65. The quantitative estimate of drug-likeness (QED) is 0.406. The highest BCUT2D eigenvalue weighted by Gasteiger charge is 2.46. The van der Waals surface area contributed by atoms with Crippen LogP contribution < -0.4 is 4.74 Å². The molecule has 2 fully saturated rings. The summed E-state index contributed by atoms with van der Waals surface area (Å²) in [5.74, 6) is -7.59. The number of halogens is 9. The van der Waals surface area contributed by atoms with E-state index in [2.05, 4.69) is 27.0 Å². The van der Waals surface area contributed by atoms with E-state index in [9.17, 15) is 39.5 Å². The minimum Gasteiger partial charge on any atom is -0.475 e. The van der Waals surface area contributed by atoms with Crippen LogP contribution in [0.1, 0.15) is 18.4 Å². The summed E-state index contributed by atoms with van der Waals surface area (Å²) in [6, 6.07) is 9.89. The molecule has 2 aromatic rings. The number of hydrogen-bond donors (Lipinski definition) is 3. The molecule has 0 radical (unpaired) electrons. The summed E-state index contributed by atoms with van der Waals surface area (Å²) >= 11 is 0. The van der Waals surface area contributed by atoms with Crippen LogP contribution in [0.2, 0.25) is 0 Å². The van der Waals surface area contributed by atoms with E-state index < -0.39 is 36.4 Å². The first-order chi connectivity index (χ1) is 20.1. The predicted molar refractivity (Wildman–Crippen MR) is 127 cm³/mol. The van der Waals surface area contributed by atoms with E-state index >= 15 is 0 Å². The molecule has 2 aliphatic rings. The maximum atomic E-state index is 10.6. The molecule has 1 spiro atoms. The lowest BCUT2D eigenvalue weighted by molar-refractivity contribution is -0.193. The van der Waals surface area contributed by atoms with Crippen LogP contribution in [0.4, 0.5) is 39.5 Å². The third-order valence-corrected chi connectivity index (χ3v) is 5.38. The number of carbonyl (C=O) groups is 3. The van der Waals surface area contributed by atoms with Crippen molar-refractivity contribution in [2.24, 2.45) is 0 Å². The Morgan fingerprint density at radius 2 is 1.36 bits per heavy atom. The molecule has 4 rings (SSSR count). The zero-order valence-electron chi connectivity index (χ0n) is 22.1. The van der Waals surface area contributed by atoms with Crippen LogP contribution in [0.25, 0.3) is 0 Å². The standard InChI is InChI=1S/C18H21N3O2.3C2HF3O2/c1-2-7-20-17(3-1)23-16-11-18(22-13-16)6-10-21(14-18)12-15-4-8-19-9-5-15;3*3-2(4,5)1(6)7/h1-5,7-9,16H,6,10-14H2;3*(H,6,7)/t16-,18-;;;/m0.../s1. The Morgan fingerprint density at radius 1 is 0.864 bits per heavy atom. The summed E-state index contributed by atoms with van der Waals surface area (Å²) < 4.78 is 107. The lowest BCUT2D eigenvalue weighted by atomic mass is 9.98. The SMILES string of the molecule is O=C(O)C(F)(F)F.O=C(O)C(F)(F)F.O=C(O)C(F)(F)F.c1ccc(O[C@@H]2CO[C@@]3(CCN(Cc4ccncc4)C3)C2)nc1. The molecule has 0 bridgehead atoms. The van der Waals surface area contributed by atoms with E-state index in [-0.39, 0.29) is 11.7 Å². The van der Waals surface area contributed by atoms with Gasteiger partial charge in [-0.15, -0.1) is 0 Å². The van der Waals surface area contributed by atoms with Crippen LogP contribution >= 0.6 is 0 Å². The maximum Gasteiger partial charge on any atom is 0.490 e. The second kappa shape index (κ2) is 16.0. The van der Waals surface area contributed by atoms with Gasteiger partial charge in [-0.25, -0.2) is 19.4 Å². The Morgan fingerprint density at radius 3 is 1.80 bits per heavy atom. The molecule has 0 aliphatic carbocycles. The van der Waals surface area contributed by atoms with E-state index in [1.807, 2.05) is 30.6 Å². The van der Waals surface area contributed by atoms with Crippen LogP contribution in [-0.4, -0.2) is 98.0 Å². The molecule has 0 amide bonds. The fourth-order valence-corrected chi connectivity index (χ4v) is 3.56. The van der Waals surface area contributed by atoms with Gasteiger partial charge in [-0.05, 0) is 30.2 Å². The van der Waals surface area contributed by atoms with Crippen LogP contribution in [0.3, 0.4) is 0 Å². The smallest absolute Gasteiger partial charge is 0.475 e. The number of carboxylic acid groups (broad SMARTS) is 3. The van der Waals surface area contributed by atoms with Gasteiger partial charge in [-0.1, -0.05) is 6.07 Å². The van der Waals surface area contributed by atoms with Gasteiger partial charge in [0.15, 0.2) is 0 Å². The molecule has 0 unspecified atom stereocenters. The number of aliphatic carboxylic acids is 3. The monoisotopic (exact) mass is 653 g/mol. The Bertz CT molecular complexity index is 1080. The van der Waals surface area contributed by atoms with E-state index in [1.165, 1.54) is 5.56 Å². The number of nitrogens with zero attached hydrogens (tertiary/aromatic N) is 3. The van der Waals surface area contributed by atoms with Gasteiger partial charge in [0, 0.05) is 50.7 Å². The second-order valence-electron chi connectivity index (χ2n) is 8.83. The van der Waals surface area contributed by atoms with Gasteiger partial charge in [-0.2, -0.15) is 39.5 Å². The normalized spacial score (nSPS) is 19.8. The molecule has 2 aromatic heterocycles. The van der Waals surface area contributed by atoms with E-state index in [0.29, 0.717) is 12.5 Å². The Balaban J connectivity index is 0.000000379. The zero-order chi connectivity index (χ0) is 33.8. The van der Waals surface area contributed by atoms with E-state index in [0.717, 1.165) is 32.5 Å². The van der Waals surface area contributed by atoms with E-state index in [4.69, 9.17) is 39.2 Å².